The van der Waals surface area contributed by atoms with Crippen molar-refractivity contribution in [3.8, 4) is 0 Å². The van der Waals surface area contributed by atoms with Gasteiger partial charge in [0.05, 0.1) is 6.54 Å². The summed E-state index contributed by atoms with van der Waals surface area (Å²) in [6, 6.07) is 2.56. The van der Waals surface area contributed by atoms with E-state index in [0.717, 1.165) is 63.3 Å². The van der Waals surface area contributed by atoms with Crippen LogP contribution in [0.1, 0.15) is 73.5 Å². The molecule has 8 heteroatoms. The number of piperidine rings is 1. The molecule has 1 saturated carbocycles. The molecule has 29 heavy (non-hydrogen) atoms. The Morgan fingerprint density at radius 1 is 1.10 bits per heavy atom. The van der Waals surface area contributed by atoms with Crippen LogP contribution in [0.25, 0.3) is 0 Å². The Labute approximate surface area is 171 Å². The van der Waals surface area contributed by atoms with Crippen LogP contribution in [0.5, 0.6) is 0 Å². The zero-order valence-electron chi connectivity index (χ0n) is 17.3. The predicted octanol–water partition coefficient (Wildman–Crippen LogP) is 2.27. The smallest absolute Gasteiger partial charge is 0.274 e. The van der Waals surface area contributed by atoms with Crippen LogP contribution in [-0.4, -0.2) is 65.9 Å². The number of rotatable bonds is 4. The summed E-state index contributed by atoms with van der Waals surface area (Å²) in [6.45, 7) is 7.29. The number of fused-ring (bicyclic) bond motifs is 1. The van der Waals surface area contributed by atoms with Crippen molar-refractivity contribution in [2.24, 2.45) is 0 Å². The number of aromatic nitrogens is 5. The van der Waals surface area contributed by atoms with Crippen molar-refractivity contribution in [3.05, 3.63) is 29.6 Å². The third-order valence-electron chi connectivity index (χ3n) is 6.91. The second kappa shape index (κ2) is 7.89. The molecule has 0 aromatic carbocycles. The molecule has 2 aromatic heterocycles. The molecule has 1 aliphatic carbocycles. The molecule has 0 bridgehead atoms. The molecule has 1 atom stereocenters. The fraction of sp³-hybridized carbons (Fsp3) is 0.714. The third-order valence-corrected chi connectivity index (χ3v) is 6.91. The van der Waals surface area contributed by atoms with Gasteiger partial charge < -0.3 is 9.47 Å². The Morgan fingerprint density at radius 2 is 1.97 bits per heavy atom. The van der Waals surface area contributed by atoms with Gasteiger partial charge in [-0.3, -0.25) is 14.4 Å². The van der Waals surface area contributed by atoms with Crippen molar-refractivity contribution in [2.75, 3.05) is 19.6 Å². The van der Waals surface area contributed by atoms with Gasteiger partial charge >= 0.3 is 0 Å². The van der Waals surface area contributed by atoms with Gasteiger partial charge in [-0.25, -0.2) is 0 Å². The minimum atomic E-state index is 0.0349. The minimum Gasteiger partial charge on any atom is -0.337 e. The van der Waals surface area contributed by atoms with Crippen molar-refractivity contribution in [1.29, 1.82) is 0 Å². The highest BCUT2D eigenvalue weighted by molar-refractivity contribution is 5.92. The summed E-state index contributed by atoms with van der Waals surface area (Å²) in [4.78, 5) is 17.5. The molecule has 4 heterocycles. The van der Waals surface area contributed by atoms with Crippen LogP contribution in [0.15, 0.2) is 12.3 Å². The molecule has 2 aliphatic heterocycles. The molecule has 0 radical (unpaired) electrons. The average molecular weight is 398 g/mol. The van der Waals surface area contributed by atoms with E-state index in [0.29, 0.717) is 12.2 Å². The van der Waals surface area contributed by atoms with Gasteiger partial charge in [0.15, 0.2) is 0 Å². The van der Waals surface area contributed by atoms with E-state index in [2.05, 4.69) is 24.8 Å². The number of likely N-dealkylation sites (tertiary alicyclic amines) is 1. The molecule has 1 saturated heterocycles. The standard InChI is InChI=1S/C21H31N7O/c1-2-27-11-9-18(24-27)21(29)26-10-5-6-16(14-26)20-23-22-19-15-25(12-13-28(19)20)17-7-3-4-8-17/h9,11,16-17H,2-8,10,12-15H2,1H3. The van der Waals surface area contributed by atoms with Crippen LogP contribution in [0.3, 0.4) is 0 Å². The Kier molecular flexibility index (Phi) is 5.11. The first-order chi connectivity index (χ1) is 14.2. The van der Waals surface area contributed by atoms with E-state index in [1.807, 2.05) is 24.1 Å². The molecule has 156 valence electrons. The highest BCUT2D eigenvalue weighted by Crippen LogP contribution is 2.30. The molecule has 2 fully saturated rings. The minimum absolute atomic E-state index is 0.0349. The van der Waals surface area contributed by atoms with Gasteiger partial charge in [-0.2, -0.15) is 5.10 Å². The fourth-order valence-electron chi connectivity index (χ4n) is 5.27. The lowest BCUT2D eigenvalue weighted by Gasteiger charge is -2.35. The first kappa shape index (κ1) is 18.8. The first-order valence-corrected chi connectivity index (χ1v) is 11.2. The zero-order chi connectivity index (χ0) is 19.8. The van der Waals surface area contributed by atoms with Gasteiger partial charge in [-0.1, -0.05) is 12.8 Å². The number of hydrogen-bond donors (Lipinski definition) is 0. The number of carbonyl (C=O) groups is 1. The second-order valence-electron chi connectivity index (χ2n) is 8.68. The van der Waals surface area contributed by atoms with Crippen LogP contribution >= 0.6 is 0 Å². The summed E-state index contributed by atoms with van der Waals surface area (Å²) in [5.41, 5.74) is 0.544. The fourth-order valence-corrected chi connectivity index (χ4v) is 5.27. The Bertz CT molecular complexity index is 866. The maximum atomic E-state index is 12.9. The van der Waals surface area contributed by atoms with Crippen LogP contribution in [0.2, 0.25) is 0 Å². The van der Waals surface area contributed by atoms with Gasteiger partial charge in [0, 0.05) is 50.9 Å². The van der Waals surface area contributed by atoms with Crippen molar-refractivity contribution in [2.45, 2.75) is 77.0 Å². The van der Waals surface area contributed by atoms with E-state index >= 15 is 0 Å². The summed E-state index contributed by atoms with van der Waals surface area (Å²) in [7, 11) is 0. The predicted molar refractivity (Wildman–Crippen MR) is 108 cm³/mol. The highest BCUT2D eigenvalue weighted by atomic mass is 16.2. The maximum absolute atomic E-state index is 12.9. The van der Waals surface area contributed by atoms with Gasteiger partial charge in [0.2, 0.25) is 0 Å². The van der Waals surface area contributed by atoms with Crippen LogP contribution in [-0.2, 0) is 19.6 Å². The average Bonchev–Trinajstić information content (AvgIpc) is 3.53. The summed E-state index contributed by atoms with van der Waals surface area (Å²) >= 11 is 0. The van der Waals surface area contributed by atoms with Crippen LogP contribution in [0.4, 0.5) is 0 Å². The number of carbonyl (C=O) groups excluding carboxylic acids is 1. The molecule has 5 rings (SSSR count). The molecule has 1 amide bonds. The van der Waals surface area contributed by atoms with E-state index < -0.39 is 0 Å². The molecular formula is C21H31N7O. The van der Waals surface area contributed by atoms with Crippen molar-refractivity contribution >= 4 is 5.91 Å². The molecule has 3 aliphatic rings. The summed E-state index contributed by atoms with van der Waals surface area (Å²) in [5, 5.41) is 13.5. The SMILES string of the molecule is CCn1ccc(C(=O)N2CCCC(c3nnc4n3CCN(C3CCCC3)C4)C2)n1. The molecule has 2 aromatic rings. The normalized spacial score (nSPS) is 23.5. The first-order valence-electron chi connectivity index (χ1n) is 11.2. The van der Waals surface area contributed by atoms with E-state index in [1.54, 1.807) is 4.68 Å². The number of aryl methyl sites for hydroxylation is 1. The topological polar surface area (TPSA) is 72.1 Å². The van der Waals surface area contributed by atoms with E-state index in [1.165, 1.54) is 25.7 Å². The Balaban J connectivity index is 1.28. The Hall–Kier alpha value is -2.22. The van der Waals surface area contributed by atoms with Crippen LogP contribution < -0.4 is 0 Å². The van der Waals surface area contributed by atoms with Gasteiger partial charge in [-0.05, 0) is 38.7 Å². The number of nitrogens with zero attached hydrogens (tertiary/aromatic N) is 7. The van der Waals surface area contributed by atoms with E-state index in [-0.39, 0.29) is 11.8 Å². The number of amides is 1. The molecule has 8 nitrogen and oxygen atoms in total. The quantitative estimate of drug-likeness (QED) is 0.791. The van der Waals surface area contributed by atoms with Gasteiger partial charge in [-0.15, -0.1) is 10.2 Å². The van der Waals surface area contributed by atoms with Gasteiger partial charge in [0.25, 0.3) is 5.91 Å². The molecule has 0 N–H and O–H groups in total. The largest absolute Gasteiger partial charge is 0.337 e. The summed E-state index contributed by atoms with van der Waals surface area (Å²) in [6.07, 6.45) is 9.32. The highest BCUT2D eigenvalue weighted by Gasteiger charge is 2.33. The zero-order valence-corrected chi connectivity index (χ0v) is 17.3. The van der Waals surface area contributed by atoms with Crippen molar-refractivity contribution in [1.82, 2.24) is 34.3 Å². The Morgan fingerprint density at radius 3 is 2.76 bits per heavy atom. The van der Waals surface area contributed by atoms with Crippen molar-refractivity contribution < 1.29 is 4.79 Å². The van der Waals surface area contributed by atoms with Crippen molar-refractivity contribution in [3.63, 3.8) is 0 Å². The summed E-state index contributed by atoms with van der Waals surface area (Å²) < 4.78 is 4.13. The van der Waals surface area contributed by atoms with Gasteiger partial charge in [0.1, 0.15) is 17.3 Å². The van der Waals surface area contributed by atoms with E-state index in [4.69, 9.17) is 0 Å². The third kappa shape index (κ3) is 3.58. The maximum Gasteiger partial charge on any atom is 0.274 e. The molecule has 1 unspecified atom stereocenters. The second-order valence-corrected chi connectivity index (χ2v) is 8.68. The summed E-state index contributed by atoms with van der Waals surface area (Å²) in [5.74, 6) is 2.47. The van der Waals surface area contributed by atoms with E-state index in [9.17, 15) is 4.79 Å². The monoisotopic (exact) mass is 397 g/mol. The lowest BCUT2D eigenvalue weighted by atomic mass is 9.96. The van der Waals surface area contributed by atoms with Crippen LogP contribution in [0, 0.1) is 0 Å². The number of hydrogen-bond acceptors (Lipinski definition) is 5. The molecular weight excluding hydrogens is 366 g/mol. The lowest BCUT2D eigenvalue weighted by molar-refractivity contribution is 0.0695. The lowest BCUT2D eigenvalue weighted by Crippen LogP contribution is -2.42. The molecule has 0 spiro atoms.